The molecule has 0 heterocycles. The van der Waals surface area contributed by atoms with Gasteiger partial charge in [0.1, 0.15) is 13.2 Å². The van der Waals surface area contributed by atoms with Crippen molar-refractivity contribution in [3.05, 3.63) is 12.2 Å². The summed E-state index contributed by atoms with van der Waals surface area (Å²) in [6.07, 6.45) is 77.1. The van der Waals surface area contributed by atoms with Crippen molar-refractivity contribution in [3.63, 3.8) is 0 Å². The molecule has 0 aromatic rings. The van der Waals surface area contributed by atoms with E-state index in [9.17, 15) is 14.4 Å². The van der Waals surface area contributed by atoms with E-state index >= 15 is 0 Å². The average Bonchev–Trinajstić information content (AvgIpc) is 3.41. The molecule has 0 spiro atoms. The van der Waals surface area contributed by atoms with Crippen molar-refractivity contribution >= 4 is 17.9 Å². The lowest BCUT2D eigenvalue weighted by Gasteiger charge is -2.18. The van der Waals surface area contributed by atoms with Crippen LogP contribution in [0.1, 0.15) is 393 Å². The Morgan fingerprint density at radius 3 is 0.667 bits per heavy atom. The molecule has 0 amide bonds. The zero-order valence-electron chi connectivity index (χ0n) is 51.1. The van der Waals surface area contributed by atoms with Crippen molar-refractivity contribution in [1.82, 2.24) is 0 Å². The molecule has 0 aliphatic heterocycles. The van der Waals surface area contributed by atoms with Gasteiger partial charge in [-0.1, -0.05) is 341 Å². The third-order valence-electron chi connectivity index (χ3n) is 15.8. The maximum absolute atomic E-state index is 12.9. The van der Waals surface area contributed by atoms with Crippen molar-refractivity contribution in [1.29, 1.82) is 0 Å². The number of carbonyl (C=O) groups is 3. The van der Waals surface area contributed by atoms with Gasteiger partial charge in [-0.05, 0) is 44.9 Å². The summed E-state index contributed by atoms with van der Waals surface area (Å²) in [5.41, 5.74) is 0. The second-order valence-electron chi connectivity index (χ2n) is 23.5. The van der Waals surface area contributed by atoms with Crippen LogP contribution in [0, 0.1) is 0 Å². The zero-order chi connectivity index (χ0) is 54.3. The molecular weight excluding hydrogens is 925 g/mol. The van der Waals surface area contributed by atoms with E-state index in [1.807, 2.05) is 0 Å². The second-order valence-corrected chi connectivity index (χ2v) is 23.5. The number of rotatable bonds is 64. The van der Waals surface area contributed by atoms with Crippen LogP contribution in [-0.4, -0.2) is 37.2 Å². The molecule has 6 nitrogen and oxygen atoms in total. The van der Waals surface area contributed by atoms with E-state index in [0.29, 0.717) is 19.3 Å². The topological polar surface area (TPSA) is 78.9 Å². The lowest BCUT2D eigenvalue weighted by atomic mass is 10.0. The van der Waals surface area contributed by atoms with Gasteiger partial charge in [-0.15, -0.1) is 0 Å². The van der Waals surface area contributed by atoms with E-state index in [-0.39, 0.29) is 31.1 Å². The van der Waals surface area contributed by atoms with E-state index in [1.165, 1.54) is 295 Å². The van der Waals surface area contributed by atoms with Gasteiger partial charge in [0.25, 0.3) is 0 Å². The first-order valence-corrected chi connectivity index (χ1v) is 34.2. The maximum Gasteiger partial charge on any atom is 0.306 e. The van der Waals surface area contributed by atoms with Crippen molar-refractivity contribution in [3.8, 4) is 0 Å². The highest BCUT2D eigenvalue weighted by Gasteiger charge is 2.19. The smallest absolute Gasteiger partial charge is 0.306 e. The van der Waals surface area contributed by atoms with E-state index in [1.54, 1.807) is 0 Å². The Balaban J connectivity index is 3.98. The predicted octanol–water partition coefficient (Wildman–Crippen LogP) is 23.2. The van der Waals surface area contributed by atoms with Crippen LogP contribution in [0.5, 0.6) is 0 Å². The maximum atomic E-state index is 12.9. The molecule has 0 N–H and O–H groups in total. The van der Waals surface area contributed by atoms with Gasteiger partial charge >= 0.3 is 17.9 Å². The molecule has 0 saturated heterocycles. The van der Waals surface area contributed by atoms with Crippen LogP contribution in [-0.2, 0) is 28.6 Å². The number of ether oxygens (including phenoxy) is 3. The third-order valence-corrected chi connectivity index (χ3v) is 15.8. The van der Waals surface area contributed by atoms with E-state index in [2.05, 4.69) is 32.9 Å². The minimum absolute atomic E-state index is 0.0639. The second kappa shape index (κ2) is 64.7. The molecule has 0 radical (unpaired) electrons. The van der Waals surface area contributed by atoms with Gasteiger partial charge in [-0.25, -0.2) is 0 Å². The molecule has 0 aromatic carbocycles. The summed E-state index contributed by atoms with van der Waals surface area (Å²) >= 11 is 0. The summed E-state index contributed by atoms with van der Waals surface area (Å²) in [6, 6.07) is 0. The van der Waals surface area contributed by atoms with Crippen LogP contribution in [0.25, 0.3) is 0 Å². The fourth-order valence-electron chi connectivity index (χ4n) is 10.6. The summed E-state index contributed by atoms with van der Waals surface area (Å²) in [5, 5.41) is 0. The Morgan fingerprint density at radius 2 is 0.440 bits per heavy atom. The van der Waals surface area contributed by atoms with Gasteiger partial charge in [0.2, 0.25) is 0 Å². The number of allylic oxidation sites excluding steroid dienone is 2. The monoisotopic (exact) mass is 1060 g/mol. The summed E-state index contributed by atoms with van der Waals surface area (Å²) in [4.78, 5) is 38.1. The first-order valence-electron chi connectivity index (χ1n) is 34.2. The minimum atomic E-state index is -0.763. The highest BCUT2D eigenvalue weighted by atomic mass is 16.6. The Morgan fingerprint density at radius 1 is 0.253 bits per heavy atom. The van der Waals surface area contributed by atoms with Crippen LogP contribution in [0.3, 0.4) is 0 Å². The van der Waals surface area contributed by atoms with Crippen LogP contribution in [0.15, 0.2) is 12.2 Å². The minimum Gasteiger partial charge on any atom is -0.462 e. The SMILES string of the molecule is CCCCCCCCCC/C=C\CCCCCCCCCCCCCCCCCC(=O)OCC(COC(=O)CCCCCCCC)OC(=O)CCCCCCCCCCCCCCCCCCCCCCCCCC. The summed E-state index contributed by atoms with van der Waals surface area (Å²) < 4.78 is 16.9. The summed E-state index contributed by atoms with van der Waals surface area (Å²) in [5.74, 6) is -0.844. The molecule has 0 bridgehead atoms. The molecular formula is C69H132O6. The third kappa shape index (κ3) is 62.9. The fraction of sp³-hybridized carbons (Fsp3) is 0.928. The highest BCUT2D eigenvalue weighted by molar-refractivity contribution is 5.71. The molecule has 0 aliphatic rings. The van der Waals surface area contributed by atoms with Crippen molar-refractivity contribution in [2.75, 3.05) is 13.2 Å². The largest absolute Gasteiger partial charge is 0.462 e. The van der Waals surface area contributed by atoms with Gasteiger partial charge in [-0.3, -0.25) is 14.4 Å². The molecule has 1 atom stereocenters. The molecule has 6 heteroatoms. The van der Waals surface area contributed by atoms with Crippen LogP contribution >= 0.6 is 0 Å². The lowest BCUT2D eigenvalue weighted by molar-refractivity contribution is -0.167. The van der Waals surface area contributed by atoms with Crippen LogP contribution in [0.4, 0.5) is 0 Å². The van der Waals surface area contributed by atoms with Gasteiger partial charge in [0.05, 0.1) is 0 Å². The first-order chi connectivity index (χ1) is 37.0. The Bertz CT molecular complexity index is 1170. The number of unbranched alkanes of at least 4 members (excludes halogenated alkanes) is 51. The summed E-state index contributed by atoms with van der Waals surface area (Å²) in [7, 11) is 0. The molecule has 0 aromatic heterocycles. The normalized spacial score (nSPS) is 12.0. The van der Waals surface area contributed by atoms with E-state index in [0.717, 1.165) is 57.8 Å². The lowest BCUT2D eigenvalue weighted by Crippen LogP contribution is -2.30. The number of hydrogen-bond acceptors (Lipinski definition) is 6. The summed E-state index contributed by atoms with van der Waals surface area (Å²) in [6.45, 7) is 6.66. The highest BCUT2D eigenvalue weighted by Crippen LogP contribution is 2.19. The van der Waals surface area contributed by atoms with Crippen LogP contribution < -0.4 is 0 Å². The fourth-order valence-corrected chi connectivity index (χ4v) is 10.6. The van der Waals surface area contributed by atoms with Gasteiger partial charge < -0.3 is 14.2 Å². The zero-order valence-corrected chi connectivity index (χ0v) is 51.1. The van der Waals surface area contributed by atoms with Crippen molar-refractivity contribution < 1.29 is 28.6 Å². The molecule has 1 unspecified atom stereocenters. The molecule has 444 valence electrons. The Labute approximate surface area is 469 Å². The van der Waals surface area contributed by atoms with E-state index in [4.69, 9.17) is 14.2 Å². The Kier molecular flexibility index (Phi) is 63.1. The molecule has 75 heavy (non-hydrogen) atoms. The average molecular weight is 1060 g/mol. The number of carbonyl (C=O) groups excluding carboxylic acids is 3. The van der Waals surface area contributed by atoms with Gasteiger partial charge in [0.15, 0.2) is 6.10 Å². The predicted molar refractivity (Wildman–Crippen MR) is 326 cm³/mol. The van der Waals surface area contributed by atoms with E-state index < -0.39 is 6.10 Å². The standard InChI is InChI=1S/C69H132O6/c1-4-7-10-13-16-18-20-22-24-26-28-30-32-34-35-36-38-39-41-43-45-47-49-51-53-56-59-62-68(71)74-65-66(64-73-67(70)61-58-55-15-12-9-6-3)75-69(72)63-60-57-54-52-50-48-46-44-42-40-37-33-31-29-27-25-23-21-19-17-14-11-8-5-2/h26,28,66H,4-25,27,29-65H2,1-3H3/b28-26-. The van der Waals surface area contributed by atoms with Crippen molar-refractivity contribution in [2.45, 2.75) is 399 Å². The quantitative estimate of drug-likeness (QED) is 0.0261. The van der Waals surface area contributed by atoms with Crippen LogP contribution in [0.2, 0.25) is 0 Å². The molecule has 0 rings (SSSR count). The van der Waals surface area contributed by atoms with Gasteiger partial charge in [0, 0.05) is 19.3 Å². The number of esters is 3. The molecule has 0 aliphatic carbocycles. The van der Waals surface area contributed by atoms with Crippen molar-refractivity contribution in [2.24, 2.45) is 0 Å². The molecule has 0 fully saturated rings. The first kappa shape index (κ1) is 73.2. The molecule has 0 saturated carbocycles. The van der Waals surface area contributed by atoms with Gasteiger partial charge in [-0.2, -0.15) is 0 Å². The number of hydrogen-bond donors (Lipinski definition) is 0. The Hall–Kier alpha value is -1.85.